The standard InChI is InChI=1S/C22H23NO4S/c1-15(26-19-10-6-7-17(12-19)13-28-14-21(24)25)11-20-16(2)27-22(23-20)18-8-4-3-5-9-18/h3-10,12,15H,11,13-14H2,1-2H3,(H,24,25). The van der Waals surface area contributed by atoms with Crippen LogP contribution in [-0.2, 0) is 17.0 Å². The van der Waals surface area contributed by atoms with E-state index in [1.165, 1.54) is 11.8 Å². The third kappa shape index (κ3) is 5.63. The Morgan fingerprint density at radius 3 is 2.75 bits per heavy atom. The lowest BCUT2D eigenvalue weighted by molar-refractivity contribution is -0.133. The van der Waals surface area contributed by atoms with Gasteiger partial charge in [0, 0.05) is 17.7 Å². The highest BCUT2D eigenvalue weighted by atomic mass is 32.2. The van der Waals surface area contributed by atoms with Gasteiger partial charge in [0.05, 0.1) is 11.4 Å². The van der Waals surface area contributed by atoms with Crippen molar-refractivity contribution >= 4 is 17.7 Å². The molecule has 0 saturated heterocycles. The van der Waals surface area contributed by atoms with Crippen molar-refractivity contribution in [1.82, 2.24) is 4.98 Å². The van der Waals surface area contributed by atoms with Crippen molar-refractivity contribution in [3.8, 4) is 17.2 Å². The van der Waals surface area contributed by atoms with E-state index >= 15 is 0 Å². The molecule has 6 heteroatoms. The number of carbonyl (C=O) groups is 1. The van der Waals surface area contributed by atoms with Gasteiger partial charge in [0.25, 0.3) is 0 Å². The number of aromatic nitrogens is 1. The highest BCUT2D eigenvalue weighted by Gasteiger charge is 2.15. The van der Waals surface area contributed by atoms with Gasteiger partial charge in [-0.2, -0.15) is 0 Å². The van der Waals surface area contributed by atoms with Crippen LogP contribution in [0.3, 0.4) is 0 Å². The van der Waals surface area contributed by atoms with Gasteiger partial charge in [0.15, 0.2) is 0 Å². The normalized spacial score (nSPS) is 11.9. The van der Waals surface area contributed by atoms with E-state index < -0.39 is 5.97 Å². The Kier molecular flexibility index (Phi) is 6.76. The average molecular weight is 397 g/mol. The second kappa shape index (κ2) is 9.46. The molecule has 2 aromatic carbocycles. The molecule has 0 saturated carbocycles. The average Bonchev–Trinajstić information content (AvgIpc) is 3.03. The maximum atomic E-state index is 10.6. The zero-order valence-corrected chi connectivity index (χ0v) is 16.7. The van der Waals surface area contributed by atoms with Gasteiger partial charge in [0.2, 0.25) is 5.89 Å². The van der Waals surface area contributed by atoms with Crippen LogP contribution in [0.5, 0.6) is 5.75 Å². The number of carboxylic acid groups (broad SMARTS) is 1. The Morgan fingerprint density at radius 1 is 1.21 bits per heavy atom. The molecule has 1 atom stereocenters. The number of hydrogen-bond acceptors (Lipinski definition) is 5. The summed E-state index contributed by atoms with van der Waals surface area (Å²) in [4.78, 5) is 15.3. The number of oxazole rings is 1. The smallest absolute Gasteiger partial charge is 0.313 e. The molecule has 28 heavy (non-hydrogen) atoms. The summed E-state index contributed by atoms with van der Waals surface area (Å²) < 4.78 is 11.9. The van der Waals surface area contributed by atoms with Gasteiger partial charge >= 0.3 is 5.97 Å². The SMILES string of the molecule is Cc1oc(-c2ccccc2)nc1CC(C)Oc1cccc(CSCC(=O)O)c1. The molecule has 0 radical (unpaired) electrons. The second-order valence-corrected chi connectivity index (χ2v) is 7.54. The van der Waals surface area contributed by atoms with Crippen LogP contribution >= 0.6 is 11.8 Å². The van der Waals surface area contributed by atoms with Crippen molar-refractivity contribution in [2.24, 2.45) is 0 Å². The van der Waals surface area contributed by atoms with Gasteiger partial charge < -0.3 is 14.3 Å². The van der Waals surface area contributed by atoms with E-state index in [1.807, 2.05) is 68.4 Å². The highest BCUT2D eigenvalue weighted by molar-refractivity contribution is 7.99. The quantitative estimate of drug-likeness (QED) is 0.549. The predicted octanol–water partition coefficient (Wildman–Crippen LogP) is 4.98. The fourth-order valence-corrected chi connectivity index (χ4v) is 3.52. The molecule has 0 spiro atoms. The van der Waals surface area contributed by atoms with E-state index in [2.05, 4.69) is 4.98 Å². The van der Waals surface area contributed by atoms with Gasteiger partial charge in [-0.3, -0.25) is 4.79 Å². The first kappa shape index (κ1) is 20.0. The third-order valence-corrected chi connectivity index (χ3v) is 5.11. The molecule has 1 heterocycles. The summed E-state index contributed by atoms with van der Waals surface area (Å²) in [6.45, 7) is 3.92. The van der Waals surface area contributed by atoms with Crippen molar-refractivity contribution in [3.63, 3.8) is 0 Å². The zero-order chi connectivity index (χ0) is 19.9. The number of carboxylic acids is 1. The molecule has 1 aromatic heterocycles. The van der Waals surface area contributed by atoms with E-state index in [9.17, 15) is 4.79 Å². The molecule has 1 unspecified atom stereocenters. The van der Waals surface area contributed by atoms with Gasteiger partial charge in [-0.05, 0) is 43.7 Å². The fourth-order valence-electron chi connectivity index (χ4n) is 2.83. The second-order valence-electron chi connectivity index (χ2n) is 6.55. The number of rotatable bonds is 9. The summed E-state index contributed by atoms with van der Waals surface area (Å²) in [6, 6.07) is 17.6. The van der Waals surface area contributed by atoms with Crippen molar-refractivity contribution in [2.75, 3.05) is 5.75 Å². The number of thioether (sulfide) groups is 1. The molecule has 0 aliphatic rings. The Balaban J connectivity index is 1.61. The summed E-state index contributed by atoms with van der Waals surface area (Å²) in [7, 11) is 0. The minimum atomic E-state index is -0.802. The first-order valence-corrected chi connectivity index (χ1v) is 10.2. The van der Waals surface area contributed by atoms with Crippen LogP contribution in [0, 0.1) is 6.92 Å². The number of hydrogen-bond donors (Lipinski definition) is 1. The monoisotopic (exact) mass is 397 g/mol. The summed E-state index contributed by atoms with van der Waals surface area (Å²) in [5, 5.41) is 8.74. The van der Waals surface area contributed by atoms with Crippen molar-refractivity contribution in [1.29, 1.82) is 0 Å². The van der Waals surface area contributed by atoms with Gasteiger partial charge in [0.1, 0.15) is 17.6 Å². The lowest BCUT2D eigenvalue weighted by Crippen LogP contribution is -2.16. The number of aliphatic carboxylic acids is 1. The Morgan fingerprint density at radius 2 is 2.00 bits per heavy atom. The van der Waals surface area contributed by atoms with Crippen LogP contribution in [-0.4, -0.2) is 27.9 Å². The van der Waals surface area contributed by atoms with Crippen LogP contribution in [0.15, 0.2) is 59.0 Å². The number of ether oxygens (including phenoxy) is 1. The van der Waals surface area contributed by atoms with Gasteiger partial charge in [-0.1, -0.05) is 30.3 Å². The summed E-state index contributed by atoms with van der Waals surface area (Å²) >= 11 is 1.37. The van der Waals surface area contributed by atoms with Crippen LogP contribution < -0.4 is 4.74 Å². The Hall–Kier alpha value is -2.73. The van der Waals surface area contributed by atoms with E-state index in [0.29, 0.717) is 18.1 Å². The summed E-state index contributed by atoms with van der Waals surface area (Å²) in [6.07, 6.45) is 0.564. The molecule has 0 amide bonds. The lowest BCUT2D eigenvalue weighted by atomic mass is 10.2. The number of benzene rings is 2. The zero-order valence-electron chi connectivity index (χ0n) is 15.9. The largest absolute Gasteiger partial charge is 0.490 e. The molecular weight excluding hydrogens is 374 g/mol. The van der Waals surface area contributed by atoms with E-state index in [0.717, 1.165) is 28.3 Å². The predicted molar refractivity (Wildman–Crippen MR) is 111 cm³/mol. The lowest BCUT2D eigenvalue weighted by Gasteiger charge is -2.14. The van der Waals surface area contributed by atoms with E-state index in [1.54, 1.807) is 0 Å². The molecular formula is C22H23NO4S. The van der Waals surface area contributed by atoms with Crippen molar-refractivity contribution in [3.05, 3.63) is 71.6 Å². The van der Waals surface area contributed by atoms with Crippen molar-refractivity contribution < 1.29 is 19.1 Å². The fraction of sp³-hybridized carbons (Fsp3) is 0.273. The molecule has 1 N–H and O–H groups in total. The molecule has 146 valence electrons. The maximum absolute atomic E-state index is 10.6. The van der Waals surface area contributed by atoms with E-state index in [-0.39, 0.29) is 11.9 Å². The van der Waals surface area contributed by atoms with Gasteiger partial charge in [-0.15, -0.1) is 11.8 Å². The highest BCUT2D eigenvalue weighted by Crippen LogP contribution is 2.24. The molecule has 0 bridgehead atoms. The first-order chi connectivity index (χ1) is 13.5. The van der Waals surface area contributed by atoms with Crippen LogP contribution in [0.2, 0.25) is 0 Å². The van der Waals surface area contributed by atoms with Crippen LogP contribution in [0.25, 0.3) is 11.5 Å². The number of aryl methyl sites for hydroxylation is 1. The molecule has 5 nitrogen and oxygen atoms in total. The van der Waals surface area contributed by atoms with Gasteiger partial charge in [-0.25, -0.2) is 4.98 Å². The minimum absolute atomic E-state index is 0.0747. The maximum Gasteiger partial charge on any atom is 0.313 e. The minimum Gasteiger partial charge on any atom is -0.490 e. The van der Waals surface area contributed by atoms with E-state index in [4.69, 9.17) is 14.3 Å². The summed E-state index contributed by atoms with van der Waals surface area (Å²) in [5.74, 6) is 2.12. The Bertz CT molecular complexity index is 923. The van der Waals surface area contributed by atoms with Crippen LogP contribution in [0.4, 0.5) is 0 Å². The van der Waals surface area contributed by atoms with Crippen molar-refractivity contribution in [2.45, 2.75) is 32.1 Å². The molecule has 3 rings (SSSR count). The molecule has 0 aliphatic carbocycles. The van der Waals surface area contributed by atoms with Crippen LogP contribution in [0.1, 0.15) is 23.9 Å². The summed E-state index contributed by atoms with van der Waals surface area (Å²) in [5.41, 5.74) is 2.89. The Labute approximate surface area is 168 Å². The number of nitrogens with zero attached hydrogens (tertiary/aromatic N) is 1. The molecule has 3 aromatic rings. The first-order valence-electron chi connectivity index (χ1n) is 9.08. The molecule has 0 aliphatic heterocycles. The topological polar surface area (TPSA) is 72.6 Å². The molecule has 0 fully saturated rings. The third-order valence-electron chi connectivity index (χ3n) is 4.12.